The van der Waals surface area contributed by atoms with Crippen molar-refractivity contribution in [3.8, 4) is 28.4 Å². The molecule has 0 aliphatic carbocycles. The Bertz CT molecular complexity index is 1170. The Labute approximate surface area is 181 Å². The topological polar surface area (TPSA) is 83.9 Å². The van der Waals surface area contributed by atoms with Crippen LogP contribution >= 0.6 is 0 Å². The van der Waals surface area contributed by atoms with Gasteiger partial charge >= 0.3 is 6.36 Å². The number of amides is 1. The second-order valence-electron chi connectivity index (χ2n) is 7.02. The average molecular weight is 445 g/mol. The van der Waals surface area contributed by atoms with Crippen molar-refractivity contribution in [2.24, 2.45) is 0 Å². The van der Waals surface area contributed by atoms with E-state index in [1.54, 1.807) is 42.4 Å². The van der Waals surface area contributed by atoms with E-state index in [0.717, 1.165) is 23.3 Å². The molecular weight excluding hydrogens is 427 g/mol. The van der Waals surface area contributed by atoms with Crippen molar-refractivity contribution >= 4 is 17.4 Å². The largest absolute Gasteiger partial charge is 0.573 e. The molecule has 2 heterocycles. The van der Waals surface area contributed by atoms with Crippen molar-refractivity contribution in [1.29, 1.82) is 0 Å². The molecule has 0 fully saturated rings. The molecule has 2 N–H and O–H groups in total. The first-order chi connectivity index (χ1) is 15.2. The molecule has 4 rings (SSSR count). The smallest absolute Gasteiger partial charge is 0.454 e. The van der Waals surface area contributed by atoms with Crippen LogP contribution < -0.4 is 19.7 Å². The number of ether oxygens (including phenoxy) is 2. The van der Waals surface area contributed by atoms with E-state index < -0.39 is 18.0 Å². The Morgan fingerprint density at radius 2 is 1.84 bits per heavy atom. The lowest BCUT2D eigenvalue weighted by molar-refractivity contribution is -0.274. The van der Waals surface area contributed by atoms with Crippen LogP contribution in [0.3, 0.4) is 0 Å². The normalized spacial score (nSPS) is 12.7. The molecular formula is C22H18F3N3O4. The average Bonchev–Trinajstić information content (AvgIpc) is 2.88. The molecule has 7 nitrogen and oxygen atoms in total. The van der Waals surface area contributed by atoms with Crippen LogP contribution in [0.2, 0.25) is 0 Å². The van der Waals surface area contributed by atoms with Crippen molar-refractivity contribution in [2.75, 3.05) is 30.4 Å². The maximum atomic E-state index is 12.8. The minimum Gasteiger partial charge on any atom is -0.454 e. The van der Waals surface area contributed by atoms with Crippen molar-refractivity contribution in [3.63, 3.8) is 0 Å². The summed E-state index contributed by atoms with van der Waals surface area (Å²) in [6.45, 7) is 0.393. The van der Waals surface area contributed by atoms with E-state index in [1.165, 1.54) is 6.07 Å². The SMILES string of the molecule is CN(CCO)c1cc(-c2ccc3c(c2)C(=O)Nc2cc(OC(F)(F)F)ccc2O3)ccn1. The van der Waals surface area contributed by atoms with Crippen LogP contribution in [-0.2, 0) is 0 Å². The number of nitrogens with one attached hydrogen (secondary N) is 1. The number of halogens is 3. The number of rotatable bonds is 5. The van der Waals surface area contributed by atoms with Crippen LogP contribution in [0.4, 0.5) is 24.7 Å². The van der Waals surface area contributed by atoms with E-state index in [2.05, 4.69) is 15.0 Å². The highest BCUT2D eigenvalue weighted by Gasteiger charge is 2.32. The zero-order valence-corrected chi connectivity index (χ0v) is 16.8. The maximum absolute atomic E-state index is 12.8. The van der Waals surface area contributed by atoms with Crippen molar-refractivity contribution < 1.29 is 32.5 Å². The number of hydrogen-bond acceptors (Lipinski definition) is 6. The van der Waals surface area contributed by atoms with E-state index >= 15 is 0 Å². The Balaban J connectivity index is 1.65. The highest BCUT2D eigenvalue weighted by molar-refractivity contribution is 6.08. The number of alkyl halides is 3. The molecule has 0 spiro atoms. The number of aliphatic hydroxyl groups excluding tert-OH is 1. The molecule has 10 heteroatoms. The van der Waals surface area contributed by atoms with E-state index in [-0.39, 0.29) is 29.4 Å². The molecule has 1 amide bonds. The molecule has 0 saturated carbocycles. The van der Waals surface area contributed by atoms with Gasteiger partial charge in [0.15, 0.2) is 5.75 Å². The van der Waals surface area contributed by atoms with Gasteiger partial charge in [0.05, 0.1) is 17.9 Å². The summed E-state index contributed by atoms with van der Waals surface area (Å²) < 4.78 is 47.2. The zero-order chi connectivity index (χ0) is 22.9. The minimum atomic E-state index is -4.85. The number of aliphatic hydroxyl groups is 1. The van der Waals surface area contributed by atoms with Crippen LogP contribution in [0.5, 0.6) is 17.2 Å². The number of likely N-dealkylation sites (N-methyl/N-ethyl adjacent to an activating group) is 1. The molecule has 32 heavy (non-hydrogen) atoms. The van der Waals surface area contributed by atoms with E-state index in [1.807, 2.05) is 6.07 Å². The van der Waals surface area contributed by atoms with Crippen LogP contribution in [0.25, 0.3) is 11.1 Å². The third-order valence-corrected chi connectivity index (χ3v) is 4.78. The monoisotopic (exact) mass is 445 g/mol. The summed E-state index contributed by atoms with van der Waals surface area (Å²) in [7, 11) is 1.80. The molecule has 166 valence electrons. The number of carbonyl (C=O) groups excluding carboxylic acids is 1. The highest BCUT2D eigenvalue weighted by atomic mass is 19.4. The summed E-state index contributed by atoms with van der Waals surface area (Å²) in [4.78, 5) is 18.9. The van der Waals surface area contributed by atoms with Gasteiger partial charge in [0.1, 0.15) is 17.3 Å². The fourth-order valence-corrected chi connectivity index (χ4v) is 3.25. The Hall–Kier alpha value is -3.79. The van der Waals surface area contributed by atoms with Crippen molar-refractivity contribution in [3.05, 3.63) is 60.3 Å². The van der Waals surface area contributed by atoms with E-state index in [9.17, 15) is 18.0 Å². The molecule has 1 aromatic heterocycles. The van der Waals surface area contributed by atoms with Crippen molar-refractivity contribution in [2.45, 2.75) is 6.36 Å². The van der Waals surface area contributed by atoms with Crippen molar-refractivity contribution in [1.82, 2.24) is 4.98 Å². The first-order valence-electron chi connectivity index (χ1n) is 9.55. The minimum absolute atomic E-state index is 0.0188. The van der Waals surface area contributed by atoms with Gasteiger partial charge in [-0.3, -0.25) is 4.79 Å². The first-order valence-corrected chi connectivity index (χ1v) is 9.55. The quantitative estimate of drug-likeness (QED) is 0.605. The number of aromatic nitrogens is 1. The summed E-state index contributed by atoms with van der Waals surface area (Å²) in [5, 5.41) is 11.7. The number of anilines is 2. The Morgan fingerprint density at radius 3 is 2.59 bits per heavy atom. The molecule has 0 atom stereocenters. The van der Waals surface area contributed by atoms with Gasteiger partial charge in [-0.1, -0.05) is 6.07 Å². The Kier molecular flexibility index (Phi) is 5.62. The number of fused-ring (bicyclic) bond motifs is 2. The van der Waals surface area contributed by atoms with E-state index in [4.69, 9.17) is 9.84 Å². The molecule has 0 bridgehead atoms. The summed E-state index contributed by atoms with van der Waals surface area (Å²) in [5.41, 5.74) is 1.79. The van der Waals surface area contributed by atoms with Gasteiger partial charge in [-0.25, -0.2) is 4.98 Å². The number of carbonyl (C=O) groups is 1. The van der Waals surface area contributed by atoms with Crippen LogP contribution in [0.15, 0.2) is 54.7 Å². The summed E-state index contributed by atoms with van der Waals surface area (Å²) in [6, 6.07) is 12.1. The van der Waals surface area contributed by atoms with E-state index in [0.29, 0.717) is 12.4 Å². The lowest BCUT2D eigenvalue weighted by Crippen LogP contribution is -2.22. The summed E-state index contributed by atoms with van der Waals surface area (Å²) in [5.74, 6) is 0.105. The van der Waals surface area contributed by atoms with Gasteiger partial charge in [0.2, 0.25) is 0 Å². The predicted molar refractivity (Wildman–Crippen MR) is 111 cm³/mol. The predicted octanol–water partition coefficient (Wildman–Crippen LogP) is 4.43. The molecule has 2 aromatic carbocycles. The third-order valence-electron chi connectivity index (χ3n) is 4.78. The summed E-state index contributed by atoms with van der Waals surface area (Å²) >= 11 is 0. The molecule has 0 unspecified atom stereocenters. The molecule has 1 aliphatic rings. The second kappa shape index (κ2) is 8.39. The van der Waals surface area contributed by atoms with Gasteiger partial charge in [-0.2, -0.15) is 0 Å². The zero-order valence-electron chi connectivity index (χ0n) is 16.8. The lowest BCUT2D eigenvalue weighted by Gasteiger charge is -2.17. The fraction of sp³-hybridized carbons (Fsp3) is 0.182. The summed E-state index contributed by atoms with van der Waals surface area (Å²) in [6.07, 6.45) is -3.23. The third kappa shape index (κ3) is 4.59. The standard InChI is InChI=1S/C22H18F3N3O4/c1-28(8-9-29)20-11-14(6-7-26-20)13-2-4-18-16(10-13)21(30)27-17-12-15(32-22(23,24)25)3-5-19(17)31-18/h2-7,10-12,29H,8-9H2,1H3,(H,27,30). The van der Waals surface area contributed by atoms with Gasteiger partial charge < -0.3 is 24.8 Å². The number of nitrogens with zero attached hydrogens (tertiary/aromatic N) is 2. The maximum Gasteiger partial charge on any atom is 0.573 e. The van der Waals surface area contributed by atoms with Crippen LogP contribution in [0.1, 0.15) is 10.4 Å². The molecule has 0 radical (unpaired) electrons. The number of hydrogen-bond donors (Lipinski definition) is 2. The molecule has 3 aromatic rings. The van der Waals surface area contributed by atoms with Gasteiger partial charge in [0.25, 0.3) is 5.91 Å². The number of pyridine rings is 1. The van der Waals surface area contributed by atoms with Gasteiger partial charge in [-0.05, 0) is 47.5 Å². The molecule has 1 aliphatic heterocycles. The second-order valence-corrected chi connectivity index (χ2v) is 7.02. The molecule has 0 saturated heterocycles. The van der Waals surface area contributed by atoms with Crippen LogP contribution in [-0.4, -0.2) is 42.6 Å². The first kappa shape index (κ1) is 21.4. The lowest BCUT2D eigenvalue weighted by atomic mass is 10.0. The fourth-order valence-electron chi connectivity index (χ4n) is 3.25. The van der Waals surface area contributed by atoms with Crippen LogP contribution in [0, 0.1) is 0 Å². The highest BCUT2D eigenvalue weighted by Crippen LogP contribution is 2.40. The van der Waals surface area contributed by atoms with Gasteiger partial charge in [-0.15, -0.1) is 13.2 Å². The Morgan fingerprint density at radius 1 is 1.09 bits per heavy atom. The van der Waals surface area contributed by atoms with Gasteiger partial charge in [0, 0.05) is 25.9 Å². The number of benzene rings is 2.